The molecule has 7 heteroatoms. The Balaban J connectivity index is 1.98. The van der Waals surface area contributed by atoms with Gasteiger partial charge in [0, 0.05) is 0 Å². The van der Waals surface area contributed by atoms with E-state index in [1.165, 1.54) is 0 Å². The fraction of sp³-hybridized carbons (Fsp3) is 0.562. The van der Waals surface area contributed by atoms with Crippen molar-refractivity contribution in [3.63, 3.8) is 0 Å². The number of amides is 1. The van der Waals surface area contributed by atoms with Crippen molar-refractivity contribution in [2.75, 3.05) is 12.9 Å². The monoisotopic (exact) mass is 403 g/mol. The summed E-state index contributed by atoms with van der Waals surface area (Å²) in [6.07, 6.45) is 3.22. The van der Waals surface area contributed by atoms with Crippen LogP contribution in [0.1, 0.15) is 44.2 Å². The summed E-state index contributed by atoms with van der Waals surface area (Å²) in [5.74, 6) is -0.174. The summed E-state index contributed by atoms with van der Waals surface area (Å²) in [6, 6.07) is 5.23. The van der Waals surface area contributed by atoms with Crippen molar-refractivity contribution < 1.29 is 17.9 Å². The van der Waals surface area contributed by atoms with Crippen LogP contribution in [-0.4, -0.2) is 32.4 Å². The lowest BCUT2D eigenvalue weighted by Gasteiger charge is -2.17. The molecular weight excluding hydrogens is 382 g/mol. The minimum Gasteiger partial charge on any atom is -0.496 e. The summed E-state index contributed by atoms with van der Waals surface area (Å²) in [7, 11) is -1.76. The van der Waals surface area contributed by atoms with Gasteiger partial charge in [0.05, 0.1) is 22.9 Å². The molecule has 1 aromatic rings. The molecule has 0 radical (unpaired) electrons. The van der Waals surface area contributed by atoms with Gasteiger partial charge in [-0.3, -0.25) is 4.79 Å². The van der Waals surface area contributed by atoms with Crippen LogP contribution in [0.2, 0.25) is 0 Å². The van der Waals surface area contributed by atoms with E-state index >= 15 is 0 Å². The molecule has 2 rings (SSSR count). The molecule has 0 saturated heterocycles. The lowest BCUT2D eigenvalue weighted by atomic mass is 10.1. The normalized spacial score (nSPS) is 17.0. The van der Waals surface area contributed by atoms with Crippen LogP contribution in [0, 0.1) is 0 Å². The molecule has 1 aliphatic rings. The molecule has 1 fully saturated rings. The maximum Gasteiger partial charge on any atom is 0.235 e. The van der Waals surface area contributed by atoms with Crippen molar-refractivity contribution >= 4 is 31.7 Å². The van der Waals surface area contributed by atoms with Gasteiger partial charge in [0.2, 0.25) is 5.91 Å². The molecule has 128 valence electrons. The van der Waals surface area contributed by atoms with Crippen LogP contribution >= 0.6 is 15.9 Å². The van der Waals surface area contributed by atoms with Gasteiger partial charge in [0.1, 0.15) is 11.5 Å². The molecule has 0 bridgehead atoms. The van der Waals surface area contributed by atoms with Crippen LogP contribution in [0.5, 0.6) is 5.75 Å². The van der Waals surface area contributed by atoms with Crippen LogP contribution in [0.3, 0.4) is 0 Å². The van der Waals surface area contributed by atoms with Gasteiger partial charge in [-0.15, -0.1) is 0 Å². The molecule has 23 heavy (non-hydrogen) atoms. The standard InChI is InChI=1S/C16H22BrNO4S/c1-11(12-7-8-15(22-2)14(17)9-12)18-16(19)10-23(20,21)13-5-3-4-6-13/h7-9,11,13H,3-6,10H2,1-2H3,(H,18,19)/t11-/m1/s1. The van der Waals surface area contributed by atoms with Crippen molar-refractivity contribution in [3.8, 4) is 5.75 Å². The number of benzene rings is 1. The Morgan fingerprint density at radius 2 is 2.04 bits per heavy atom. The zero-order chi connectivity index (χ0) is 17.0. The highest BCUT2D eigenvalue weighted by atomic mass is 79.9. The van der Waals surface area contributed by atoms with Crippen molar-refractivity contribution in [2.45, 2.75) is 43.9 Å². The van der Waals surface area contributed by atoms with Gasteiger partial charge < -0.3 is 10.1 Å². The van der Waals surface area contributed by atoms with E-state index in [9.17, 15) is 13.2 Å². The summed E-state index contributed by atoms with van der Waals surface area (Å²) in [6.45, 7) is 1.83. The SMILES string of the molecule is COc1ccc([C@@H](C)NC(=O)CS(=O)(=O)C2CCCC2)cc1Br. The predicted molar refractivity (Wildman–Crippen MR) is 93.3 cm³/mol. The van der Waals surface area contributed by atoms with E-state index in [-0.39, 0.29) is 11.3 Å². The van der Waals surface area contributed by atoms with E-state index in [0.717, 1.165) is 22.9 Å². The van der Waals surface area contributed by atoms with E-state index in [4.69, 9.17) is 4.74 Å². The first-order chi connectivity index (χ1) is 10.8. The second-order valence-corrected chi connectivity index (χ2v) is 9.03. The molecule has 0 aliphatic heterocycles. The van der Waals surface area contributed by atoms with Gasteiger partial charge in [0.25, 0.3) is 0 Å². The fourth-order valence-electron chi connectivity index (χ4n) is 2.87. The van der Waals surface area contributed by atoms with Gasteiger partial charge in [0.15, 0.2) is 9.84 Å². The number of hydrogen-bond acceptors (Lipinski definition) is 4. The third-order valence-electron chi connectivity index (χ3n) is 4.20. The summed E-state index contributed by atoms with van der Waals surface area (Å²) in [4.78, 5) is 12.1. The van der Waals surface area contributed by atoms with Crippen LogP contribution in [0.15, 0.2) is 22.7 Å². The number of rotatable bonds is 6. The number of ether oxygens (including phenoxy) is 1. The average Bonchev–Trinajstić information content (AvgIpc) is 3.01. The van der Waals surface area contributed by atoms with Crippen LogP contribution < -0.4 is 10.1 Å². The van der Waals surface area contributed by atoms with Gasteiger partial charge >= 0.3 is 0 Å². The lowest BCUT2D eigenvalue weighted by molar-refractivity contribution is -0.119. The van der Waals surface area contributed by atoms with Crippen molar-refractivity contribution in [3.05, 3.63) is 28.2 Å². The van der Waals surface area contributed by atoms with E-state index in [0.29, 0.717) is 18.6 Å². The summed E-state index contributed by atoms with van der Waals surface area (Å²) in [5.41, 5.74) is 0.879. The van der Waals surface area contributed by atoms with Gasteiger partial charge in [-0.2, -0.15) is 0 Å². The number of carbonyl (C=O) groups is 1. The second-order valence-electron chi connectivity index (χ2n) is 5.90. The number of methoxy groups -OCH3 is 1. The zero-order valence-electron chi connectivity index (χ0n) is 13.3. The second kappa shape index (κ2) is 7.66. The quantitative estimate of drug-likeness (QED) is 0.791. The third-order valence-corrected chi connectivity index (χ3v) is 6.97. The third kappa shape index (κ3) is 4.70. The van der Waals surface area contributed by atoms with Gasteiger partial charge in [-0.05, 0) is 53.4 Å². The minimum atomic E-state index is -3.35. The minimum absolute atomic E-state index is 0.275. The highest BCUT2D eigenvalue weighted by Gasteiger charge is 2.30. The van der Waals surface area contributed by atoms with Crippen LogP contribution in [0.4, 0.5) is 0 Å². The molecule has 1 amide bonds. The Morgan fingerprint density at radius 3 is 2.61 bits per heavy atom. The van der Waals surface area contributed by atoms with E-state index in [1.807, 2.05) is 19.1 Å². The molecule has 1 N–H and O–H groups in total. The Morgan fingerprint density at radius 1 is 1.39 bits per heavy atom. The van der Waals surface area contributed by atoms with Gasteiger partial charge in [-0.25, -0.2) is 8.42 Å². The fourth-order valence-corrected chi connectivity index (χ4v) is 5.16. The Labute approximate surface area is 145 Å². The highest BCUT2D eigenvalue weighted by Crippen LogP contribution is 2.28. The maximum absolute atomic E-state index is 12.2. The smallest absolute Gasteiger partial charge is 0.235 e. The molecule has 1 atom stereocenters. The lowest BCUT2D eigenvalue weighted by Crippen LogP contribution is -2.35. The number of sulfone groups is 1. The molecule has 1 aliphatic carbocycles. The summed E-state index contributed by atoms with van der Waals surface area (Å²) >= 11 is 3.40. The number of halogens is 1. The van der Waals surface area contributed by atoms with E-state index in [2.05, 4.69) is 21.2 Å². The number of hydrogen-bond donors (Lipinski definition) is 1. The first kappa shape index (κ1) is 18.3. The van der Waals surface area contributed by atoms with E-state index < -0.39 is 21.5 Å². The molecule has 5 nitrogen and oxygen atoms in total. The zero-order valence-corrected chi connectivity index (χ0v) is 15.7. The van der Waals surface area contributed by atoms with Crippen molar-refractivity contribution in [1.29, 1.82) is 0 Å². The average molecular weight is 404 g/mol. The molecule has 1 saturated carbocycles. The first-order valence-corrected chi connectivity index (χ1v) is 10.2. The van der Waals surface area contributed by atoms with Gasteiger partial charge in [-0.1, -0.05) is 18.9 Å². The Kier molecular flexibility index (Phi) is 6.08. The summed E-state index contributed by atoms with van der Waals surface area (Å²) < 4.78 is 30.4. The highest BCUT2D eigenvalue weighted by molar-refractivity contribution is 9.10. The molecule has 1 aromatic carbocycles. The van der Waals surface area contributed by atoms with E-state index in [1.54, 1.807) is 13.2 Å². The number of nitrogens with one attached hydrogen (secondary N) is 1. The number of carbonyl (C=O) groups excluding carboxylic acids is 1. The first-order valence-electron chi connectivity index (χ1n) is 7.68. The largest absolute Gasteiger partial charge is 0.496 e. The van der Waals surface area contributed by atoms with Crippen molar-refractivity contribution in [1.82, 2.24) is 5.32 Å². The topological polar surface area (TPSA) is 72.5 Å². The molecule has 0 aromatic heterocycles. The van der Waals surface area contributed by atoms with Crippen molar-refractivity contribution in [2.24, 2.45) is 0 Å². The van der Waals surface area contributed by atoms with Crippen LogP contribution in [0.25, 0.3) is 0 Å². The maximum atomic E-state index is 12.2. The predicted octanol–water partition coefficient (Wildman–Crippen LogP) is 2.99. The molecule has 0 unspecified atom stereocenters. The molecule has 0 heterocycles. The van der Waals surface area contributed by atoms with Crippen LogP contribution in [-0.2, 0) is 14.6 Å². The Bertz CT molecular complexity index is 669. The summed E-state index contributed by atoms with van der Waals surface area (Å²) in [5, 5.41) is 2.41. The molecule has 0 spiro atoms. The molecular formula is C16H22BrNO4S. The Hall–Kier alpha value is -1.08.